The predicted octanol–water partition coefficient (Wildman–Crippen LogP) is 2.54. The molecule has 1 rings (SSSR count). The van der Waals surface area contributed by atoms with Crippen LogP contribution in [0.3, 0.4) is 0 Å². The van der Waals surface area contributed by atoms with Gasteiger partial charge in [-0.25, -0.2) is 0 Å². The van der Waals surface area contributed by atoms with E-state index in [1.807, 2.05) is 0 Å². The first-order chi connectivity index (χ1) is 8.96. The zero-order valence-corrected chi connectivity index (χ0v) is 10.4. The van der Waals surface area contributed by atoms with Gasteiger partial charge in [-0.3, -0.25) is 4.79 Å². The Labute approximate surface area is 111 Å². The molecular formula is C11H15F6NO2. The molecule has 0 unspecified atom stereocenters. The lowest BCUT2D eigenvalue weighted by molar-refractivity contribution is -0.274. The molecular weight excluding hydrogens is 292 g/mol. The van der Waals surface area contributed by atoms with Gasteiger partial charge in [-0.2, -0.15) is 26.3 Å². The highest BCUT2D eigenvalue weighted by Crippen LogP contribution is 2.39. The van der Waals surface area contributed by atoms with Crippen molar-refractivity contribution >= 4 is 5.91 Å². The van der Waals surface area contributed by atoms with E-state index in [1.54, 1.807) is 5.32 Å². The Morgan fingerprint density at radius 1 is 1.05 bits per heavy atom. The molecule has 0 aromatic heterocycles. The van der Waals surface area contributed by atoms with Crippen molar-refractivity contribution in [2.75, 3.05) is 6.54 Å². The van der Waals surface area contributed by atoms with E-state index < -0.39 is 36.3 Å². The monoisotopic (exact) mass is 307 g/mol. The van der Waals surface area contributed by atoms with E-state index >= 15 is 0 Å². The van der Waals surface area contributed by atoms with Crippen molar-refractivity contribution in [1.82, 2.24) is 5.32 Å². The van der Waals surface area contributed by atoms with Gasteiger partial charge in [-0.05, 0) is 12.8 Å². The van der Waals surface area contributed by atoms with Crippen molar-refractivity contribution in [3.63, 3.8) is 0 Å². The first-order valence-electron chi connectivity index (χ1n) is 6.09. The average molecular weight is 307 g/mol. The third-order valence-corrected chi connectivity index (χ3v) is 3.29. The fourth-order valence-electron chi connectivity index (χ4n) is 2.22. The lowest BCUT2D eigenvalue weighted by Gasteiger charge is -2.33. The van der Waals surface area contributed by atoms with Crippen LogP contribution in [0.25, 0.3) is 0 Å². The molecule has 0 spiro atoms. The largest absolute Gasteiger partial charge is 0.409 e. The maximum atomic E-state index is 12.3. The molecule has 118 valence electrons. The molecule has 0 atom stereocenters. The Morgan fingerprint density at radius 3 is 1.90 bits per heavy atom. The Balaban J connectivity index is 2.68. The van der Waals surface area contributed by atoms with Crippen molar-refractivity contribution in [2.24, 2.45) is 5.92 Å². The number of nitrogens with one attached hydrogen (secondary N) is 1. The van der Waals surface area contributed by atoms with Crippen molar-refractivity contribution in [1.29, 1.82) is 0 Å². The van der Waals surface area contributed by atoms with Crippen LogP contribution in [0.2, 0.25) is 0 Å². The summed E-state index contributed by atoms with van der Waals surface area (Å²) in [5.41, 5.74) is -1.42. The molecule has 0 radical (unpaired) electrons. The number of hydrogen-bond donors (Lipinski definition) is 2. The van der Waals surface area contributed by atoms with E-state index in [2.05, 4.69) is 0 Å². The smallest absolute Gasteiger partial charge is 0.388 e. The number of hydrogen-bond acceptors (Lipinski definition) is 2. The lowest BCUT2D eigenvalue weighted by atomic mass is 9.85. The van der Waals surface area contributed by atoms with E-state index in [1.165, 1.54) is 0 Å². The highest BCUT2D eigenvalue weighted by atomic mass is 19.4. The second-order valence-corrected chi connectivity index (χ2v) is 5.02. The normalized spacial score (nSPS) is 20.0. The van der Waals surface area contributed by atoms with Crippen LogP contribution in [0.5, 0.6) is 0 Å². The van der Waals surface area contributed by atoms with Gasteiger partial charge >= 0.3 is 12.4 Å². The molecule has 0 aromatic carbocycles. The Kier molecular flexibility index (Phi) is 4.94. The third kappa shape index (κ3) is 4.53. The van der Waals surface area contributed by atoms with E-state index in [4.69, 9.17) is 0 Å². The minimum Gasteiger partial charge on any atom is -0.388 e. The van der Waals surface area contributed by atoms with Gasteiger partial charge in [-0.15, -0.1) is 0 Å². The molecule has 9 heteroatoms. The number of carbonyl (C=O) groups is 1. The van der Waals surface area contributed by atoms with Gasteiger partial charge in [0.15, 0.2) is 0 Å². The van der Waals surface area contributed by atoms with Crippen LogP contribution in [0, 0.1) is 5.92 Å². The maximum absolute atomic E-state index is 12.3. The Bertz CT molecular complexity index is 332. The Morgan fingerprint density at radius 2 is 1.50 bits per heavy atom. The van der Waals surface area contributed by atoms with Crippen LogP contribution in [0.4, 0.5) is 26.3 Å². The minimum atomic E-state index is -5.71. The van der Waals surface area contributed by atoms with Crippen LogP contribution in [-0.2, 0) is 4.79 Å². The summed E-state index contributed by atoms with van der Waals surface area (Å²) >= 11 is 0. The summed E-state index contributed by atoms with van der Waals surface area (Å²) in [5.74, 6) is -6.24. The topological polar surface area (TPSA) is 49.3 Å². The second-order valence-electron chi connectivity index (χ2n) is 5.02. The molecule has 1 saturated carbocycles. The highest BCUT2D eigenvalue weighted by Gasteiger charge is 2.61. The number of alkyl halides is 6. The molecule has 0 heterocycles. The summed E-state index contributed by atoms with van der Waals surface area (Å²) < 4.78 is 73.7. The summed E-state index contributed by atoms with van der Waals surface area (Å²) in [5, 5.41) is 11.5. The van der Waals surface area contributed by atoms with Crippen LogP contribution in [0.15, 0.2) is 0 Å². The van der Waals surface area contributed by atoms with Crippen LogP contribution in [-0.4, -0.2) is 35.5 Å². The molecule has 3 nitrogen and oxygen atoms in total. The van der Waals surface area contributed by atoms with Crippen LogP contribution in [0.1, 0.15) is 32.1 Å². The molecule has 1 fully saturated rings. The number of rotatable bonds is 3. The summed E-state index contributed by atoms with van der Waals surface area (Å²) in [6.07, 6.45) is -8.85. The summed E-state index contributed by atoms with van der Waals surface area (Å²) in [6, 6.07) is 0. The molecule has 0 bridgehead atoms. The van der Waals surface area contributed by atoms with Gasteiger partial charge in [-0.1, -0.05) is 19.3 Å². The van der Waals surface area contributed by atoms with Crippen molar-refractivity contribution in [3.05, 3.63) is 0 Å². The van der Waals surface area contributed by atoms with Gasteiger partial charge in [0.1, 0.15) is 0 Å². The minimum absolute atomic E-state index is 0.246. The third-order valence-electron chi connectivity index (χ3n) is 3.29. The molecule has 0 aromatic rings. The predicted molar refractivity (Wildman–Crippen MR) is 56.6 cm³/mol. The molecule has 20 heavy (non-hydrogen) atoms. The first-order valence-corrected chi connectivity index (χ1v) is 6.09. The van der Waals surface area contributed by atoms with Crippen LogP contribution >= 0.6 is 0 Å². The van der Waals surface area contributed by atoms with Gasteiger partial charge < -0.3 is 10.4 Å². The highest BCUT2D eigenvalue weighted by molar-refractivity contribution is 5.80. The zero-order chi connectivity index (χ0) is 15.6. The van der Waals surface area contributed by atoms with Crippen molar-refractivity contribution < 1.29 is 36.2 Å². The van der Waals surface area contributed by atoms with Crippen LogP contribution < -0.4 is 5.32 Å². The maximum Gasteiger partial charge on any atom is 0.409 e. The SMILES string of the molecule is O=C(NCC1(O)CCCCC1)C(C(F)(F)F)C(F)(F)F. The van der Waals surface area contributed by atoms with Crippen molar-refractivity contribution in [2.45, 2.75) is 50.1 Å². The fourth-order valence-corrected chi connectivity index (χ4v) is 2.22. The van der Waals surface area contributed by atoms with Gasteiger partial charge in [0.2, 0.25) is 11.8 Å². The molecule has 0 aliphatic heterocycles. The number of amides is 1. The van der Waals surface area contributed by atoms with E-state index in [-0.39, 0.29) is 12.8 Å². The van der Waals surface area contributed by atoms with E-state index in [0.717, 1.165) is 6.42 Å². The molecule has 1 amide bonds. The molecule has 1 aliphatic rings. The Hall–Kier alpha value is -0.990. The summed E-state index contributed by atoms with van der Waals surface area (Å²) in [4.78, 5) is 11.2. The number of halogens is 6. The fraction of sp³-hybridized carbons (Fsp3) is 0.909. The van der Waals surface area contributed by atoms with Gasteiger partial charge in [0, 0.05) is 6.54 Å². The van der Waals surface area contributed by atoms with Crippen molar-refractivity contribution in [3.8, 4) is 0 Å². The standard InChI is InChI=1S/C11H15F6NO2/c12-10(13,14)7(11(15,16)17)8(19)18-6-9(20)4-2-1-3-5-9/h7,20H,1-6H2,(H,18,19). The van der Waals surface area contributed by atoms with Gasteiger partial charge in [0.25, 0.3) is 0 Å². The first kappa shape index (κ1) is 17.1. The van der Waals surface area contributed by atoms with E-state index in [0.29, 0.717) is 12.8 Å². The second kappa shape index (κ2) is 5.79. The molecule has 1 aliphatic carbocycles. The number of carbonyl (C=O) groups excluding carboxylic acids is 1. The molecule has 0 saturated heterocycles. The average Bonchev–Trinajstić information content (AvgIpc) is 2.23. The number of aliphatic hydroxyl groups is 1. The van der Waals surface area contributed by atoms with Gasteiger partial charge in [0.05, 0.1) is 5.60 Å². The summed E-state index contributed by atoms with van der Waals surface area (Å²) in [7, 11) is 0. The lowest BCUT2D eigenvalue weighted by Crippen LogP contribution is -2.52. The summed E-state index contributed by atoms with van der Waals surface area (Å²) in [6.45, 7) is -0.603. The quantitative estimate of drug-likeness (QED) is 0.787. The molecule has 2 N–H and O–H groups in total. The van der Waals surface area contributed by atoms with E-state index in [9.17, 15) is 36.2 Å². The zero-order valence-electron chi connectivity index (χ0n) is 10.4.